The van der Waals surface area contributed by atoms with Gasteiger partial charge in [-0.15, -0.1) is 11.6 Å². The number of carbonyl (C=O) groups excluding carboxylic acids is 12. The van der Waals surface area contributed by atoms with Crippen molar-refractivity contribution in [1.82, 2.24) is 60.0 Å². The first-order valence-electron chi connectivity index (χ1n) is 35.8. The van der Waals surface area contributed by atoms with Crippen LogP contribution < -0.4 is 16.0 Å². The highest BCUT2D eigenvalue weighted by Crippen LogP contribution is 2.44. The van der Waals surface area contributed by atoms with E-state index in [1.54, 1.807) is 25.7 Å². The molecule has 3 unspecified atom stereocenters. The number of amides is 12. The number of carbonyl (C=O) groups is 12. The number of likely N-dealkylation sites (N-methyl/N-ethyl adjacent to an activating group) is 6. The minimum Gasteiger partial charge on any atom is -0.343 e. The molecule has 7 aliphatic rings. The summed E-state index contributed by atoms with van der Waals surface area (Å²) in [5, 5.41) is 7.52. The van der Waals surface area contributed by atoms with E-state index in [2.05, 4.69) is 16.0 Å². The second kappa shape index (κ2) is 33.7. The molecule has 0 aromatic rings. The van der Waals surface area contributed by atoms with E-state index in [-0.39, 0.29) is 89.1 Å². The summed E-state index contributed by atoms with van der Waals surface area (Å²) in [5.74, 6) is -10.6. The smallest absolute Gasteiger partial charge is 0.343 e. The Morgan fingerprint density at radius 1 is 0.588 bits per heavy atom. The molecule has 97 heavy (non-hydrogen) atoms. The highest BCUT2D eigenvalue weighted by atomic mass is 35.5. The Kier molecular flexibility index (Phi) is 27.1. The topological polar surface area (TPSA) is 270 Å². The molecule has 4 saturated heterocycles. The molecule has 28 heteroatoms. The summed E-state index contributed by atoms with van der Waals surface area (Å²) in [4.78, 5) is 190. The van der Waals surface area contributed by atoms with Crippen molar-refractivity contribution in [3.63, 3.8) is 0 Å². The summed E-state index contributed by atoms with van der Waals surface area (Å²) in [6.07, 6.45) is 4.43. The lowest BCUT2D eigenvalue weighted by atomic mass is 9.78. The molecular formula is C69H110ClF3N12O12. The maximum Gasteiger partial charge on any atom is 0.393 e. The number of halogens is 4. The highest BCUT2D eigenvalue weighted by Gasteiger charge is 2.52. The van der Waals surface area contributed by atoms with Crippen LogP contribution >= 0.6 is 11.6 Å². The van der Waals surface area contributed by atoms with Gasteiger partial charge in [-0.25, -0.2) is 0 Å². The Morgan fingerprint density at radius 3 is 1.79 bits per heavy atom. The summed E-state index contributed by atoms with van der Waals surface area (Å²) in [7, 11) is 8.57. The van der Waals surface area contributed by atoms with Crippen molar-refractivity contribution in [3.05, 3.63) is 0 Å². The van der Waals surface area contributed by atoms with E-state index >= 15 is 24.0 Å². The molecular weight excluding hydrogens is 1280 g/mol. The molecule has 3 aliphatic carbocycles. The van der Waals surface area contributed by atoms with Gasteiger partial charge in [0.2, 0.25) is 70.9 Å². The Morgan fingerprint density at radius 2 is 1.21 bits per heavy atom. The monoisotopic (exact) mass is 1390 g/mol. The molecule has 7 rings (SSSR count). The SMILES string of the molecule is CC[C@H](C)[C@@H]1NC(=O)[C@H](C)N(C)C(=O)C[C@@H](C(=O)N2CCCCC2)N(C)C(=O)[C@H](C(C)C)N(C)C(=O)C2(CCCC2)NC(=O)[C@@H]2CCCN2C(=O)[C@H](CCC2CCC(C(F)(F)F)C(Cl)C2)NC(=O)[C@@H](C)N(C)C(=O)[C@H](CC2CCCCC2)N(C)C(=O)[C@@H]2CCN2C(=O)CN(C)C1=O. The van der Waals surface area contributed by atoms with Gasteiger partial charge in [-0.3, -0.25) is 57.5 Å². The fourth-order valence-electron chi connectivity index (χ4n) is 15.8. The van der Waals surface area contributed by atoms with Crippen molar-refractivity contribution in [3.8, 4) is 0 Å². The molecule has 1 spiro atoms. The normalized spacial score (nSPS) is 31.5. The average molecular weight is 1390 g/mol. The lowest BCUT2D eigenvalue weighted by Crippen LogP contribution is -2.65. The van der Waals surface area contributed by atoms with E-state index in [1.165, 1.54) is 90.4 Å². The number of rotatable bonds is 9. The molecule has 4 heterocycles. The molecule has 0 aromatic carbocycles. The third kappa shape index (κ3) is 18.2. The van der Waals surface area contributed by atoms with Gasteiger partial charge in [0.05, 0.1) is 18.9 Å². The lowest BCUT2D eigenvalue weighted by Gasteiger charge is -2.44. The molecule has 12 amide bonds. The fourth-order valence-corrected chi connectivity index (χ4v) is 16.3. The van der Waals surface area contributed by atoms with Gasteiger partial charge in [0.15, 0.2) is 0 Å². The Labute approximate surface area is 576 Å². The van der Waals surface area contributed by atoms with E-state index in [0.29, 0.717) is 51.6 Å². The lowest BCUT2D eigenvalue weighted by molar-refractivity contribution is -0.182. The van der Waals surface area contributed by atoms with E-state index in [9.17, 15) is 46.7 Å². The number of hydrogen-bond donors (Lipinski definition) is 3. The predicted molar refractivity (Wildman–Crippen MR) is 356 cm³/mol. The van der Waals surface area contributed by atoms with E-state index in [0.717, 1.165) is 43.4 Å². The van der Waals surface area contributed by atoms with Crippen molar-refractivity contribution in [1.29, 1.82) is 0 Å². The van der Waals surface area contributed by atoms with Crippen LogP contribution in [0.3, 0.4) is 0 Å². The molecule has 7 fully saturated rings. The van der Waals surface area contributed by atoms with Gasteiger partial charge in [-0.05, 0) is 127 Å². The van der Waals surface area contributed by atoms with Gasteiger partial charge in [0.25, 0.3) is 0 Å². The Hall–Kier alpha value is -6.28. The molecule has 546 valence electrons. The third-order valence-electron chi connectivity index (χ3n) is 22.8. The minimum absolute atomic E-state index is 0.00117. The van der Waals surface area contributed by atoms with Crippen LogP contribution in [-0.4, -0.2) is 261 Å². The summed E-state index contributed by atoms with van der Waals surface area (Å²) >= 11 is 6.41. The van der Waals surface area contributed by atoms with Crippen molar-refractivity contribution in [2.24, 2.45) is 29.6 Å². The van der Waals surface area contributed by atoms with Crippen LogP contribution in [0.4, 0.5) is 13.2 Å². The summed E-state index contributed by atoms with van der Waals surface area (Å²) in [6.45, 7) is 10.5. The number of fused-ring (bicyclic) bond motifs is 2. The van der Waals surface area contributed by atoms with Crippen molar-refractivity contribution in [2.45, 2.75) is 261 Å². The van der Waals surface area contributed by atoms with Gasteiger partial charge >= 0.3 is 6.18 Å². The van der Waals surface area contributed by atoms with Gasteiger partial charge in [0.1, 0.15) is 59.9 Å². The number of piperidine rings is 1. The number of alkyl halides is 4. The minimum atomic E-state index is -4.51. The zero-order valence-corrected chi connectivity index (χ0v) is 60.2. The maximum absolute atomic E-state index is 15.4. The van der Waals surface area contributed by atoms with Gasteiger partial charge in [-0.2, -0.15) is 13.2 Å². The van der Waals surface area contributed by atoms with Crippen LogP contribution in [0.5, 0.6) is 0 Å². The molecule has 4 aliphatic heterocycles. The first-order chi connectivity index (χ1) is 45.6. The maximum atomic E-state index is 15.4. The van der Waals surface area contributed by atoms with Crippen molar-refractivity contribution >= 4 is 82.5 Å². The standard InChI is InChI=1S/C69H110ClF3N12O12/c1-13-42(4)56-65(95)77(7)40-55(87)84-36-30-51(84)62(92)80(10)52(38-45-23-16-14-17-24-45)63(93)79(9)44(6)58(88)74-49(29-27-46-26-28-47(48(70)37-46)69(71,72)73)61(91)85-35-22-25-50(85)60(90)76-68(31-18-19-32-68)67(97)82(12)57(41(2)3)66(96)81(11)53(64(94)83-33-20-15-21-34-83)39-54(86)78(8)43(5)59(89)75-56/h41-53,56-57H,13-40H2,1-12H3,(H,74,88)(H,75,89)(H,76,90)/t42-,43-,44+,46?,47?,48?,49-,50-,51-,52-,53-,56-,57-/m0/s1. The Balaban J connectivity index is 1.25. The Bertz CT molecular complexity index is 2870. The van der Waals surface area contributed by atoms with E-state index < -0.39 is 173 Å². The van der Waals surface area contributed by atoms with E-state index in [4.69, 9.17) is 11.6 Å². The number of nitrogens with zero attached hydrogens (tertiary/aromatic N) is 9. The zero-order chi connectivity index (χ0) is 71.7. The summed E-state index contributed by atoms with van der Waals surface area (Å²) in [5.41, 5.74) is -1.56. The first-order valence-corrected chi connectivity index (χ1v) is 36.2. The van der Waals surface area contributed by atoms with Crippen LogP contribution in [-0.2, 0) is 57.5 Å². The third-order valence-corrected chi connectivity index (χ3v) is 23.3. The molecule has 13 atom stereocenters. The van der Waals surface area contributed by atoms with Crippen molar-refractivity contribution < 1.29 is 70.7 Å². The molecule has 3 N–H and O–H groups in total. The van der Waals surface area contributed by atoms with Crippen LogP contribution in [0.1, 0.15) is 189 Å². The number of likely N-dealkylation sites (tertiary alicyclic amines) is 1. The van der Waals surface area contributed by atoms with Crippen LogP contribution in [0, 0.1) is 29.6 Å². The number of hydrogen-bond acceptors (Lipinski definition) is 12. The quantitative estimate of drug-likeness (QED) is 0.256. The summed E-state index contributed by atoms with van der Waals surface area (Å²) in [6, 6.07) is -10.9. The highest BCUT2D eigenvalue weighted by molar-refractivity contribution is 6.21. The average Bonchev–Trinajstić information content (AvgIpc) is 1.75. The van der Waals surface area contributed by atoms with E-state index in [1.807, 2.05) is 6.92 Å². The molecule has 0 bridgehead atoms. The molecule has 3 saturated carbocycles. The van der Waals surface area contributed by atoms with Crippen LogP contribution in [0.2, 0.25) is 0 Å². The second-order valence-corrected chi connectivity index (χ2v) is 30.1. The second-order valence-electron chi connectivity index (χ2n) is 29.6. The van der Waals surface area contributed by atoms with Crippen molar-refractivity contribution in [2.75, 3.05) is 75.0 Å². The van der Waals surface area contributed by atoms with Gasteiger partial charge in [0, 0.05) is 73.8 Å². The zero-order valence-electron chi connectivity index (χ0n) is 59.4. The largest absolute Gasteiger partial charge is 0.393 e. The fraction of sp³-hybridized carbons (Fsp3) is 0.826. The van der Waals surface area contributed by atoms with Gasteiger partial charge in [-0.1, -0.05) is 79.1 Å². The van der Waals surface area contributed by atoms with Gasteiger partial charge < -0.3 is 60.0 Å². The molecule has 24 nitrogen and oxygen atoms in total. The predicted octanol–water partition coefficient (Wildman–Crippen LogP) is 5.07. The molecule has 0 aromatic heterocycles. The summed E-state index contributed by atoms with van der Waals surface area (Å²) < 4.78 is 42.0. The first kappa shape index (κ1) is 78.1. The molecule has 0 radical (unpaired) electrons. The van der Waals surface area contributed by atoms with Crippen LogP contribution in [0.25, 0.3) is 0 Å². The number of nitrogens with one attached hydrogen (secondary N) is 3. The van der Waals surface area contributed by atoms with Crippen LogP contribution in [0.15, 0.2) is 0 Å².